The van der Waals surface area contributed by atoms with Gasteiger partial charge in [0.05, 0.1) is 5.60 Å². The van der Waals surface area contributed by atoms with Gasteiger partial charge >= 0.3 is 0 Å². The molecule has 1 aliphatic rings. The van der Waals surface area contributed by atoms with Crippen LogP contribution in [0.4, 0.5) is 5.82 Å². The van der Waals surface area contributed by atoms with Crippen LogP contribution in [-0.4, -0.2) is 28.4 Å². The van der Waals surface area contributed by atoms with Gasteiger partial charge in [0, 0.05) is 23.7 Å². The van der Waals surface area contributed by atoms with Crippen molar-refractivity contribution in [2.24, 2.45) is 0 Å². The number of nitrogens with zero attached hydrogens (tertiary/aromatic N) is 4. The maximum atomic E-state index is 10.9. The fourth-order valence-corrected chi connectivity index (χ4v) is 3.08. The normalized spacial score (nSPS) is 17.0. The summed E-state index contributed by atoms with van der Waals surface area (Å²) in [5.41, 5.74) is 0.171. The van der Waals surface area contributed by atoms with Crippen LogP contribution in [0, 0.1) is 11.3 Å². The molecular weight excluding hydrogens is 300 g/mol. The number of aliphatic hydroxyl groups is 1. The van der Waals surface area contributed by atoms with Gasteiger partial charge in [0.1, 0.15) is 6.07 Å². The van der Waals surface area contributed by atoms with E-state index in [1.165, 1.54) is 0 Å². The Morgan fingerprint density at radius 2 is 1.86 bits per heavy atom. The lowest BCUT2D eigenvalue weighted by Crippen LogP contribution is -2.43. The summed E-state index contributed by atoms with van der Waals surface area (Å²) < 4.78 is 0. The largest absolute Gasteiger partial charge is 0.385 e. The van der Waals surface area contributed by atoms with Crippen molar-refractivity contribution in [1.29, 1.82) is 5.26 Å². The second-order valence-electron chi connectivity index (χ2n) is 5.39. The van der Waals surface area contributed by atoms with Gasteiger partial charge in [0.2, 0.25) is 0 Å². The van der Waals surface area contributed by atoms with Gasteiger partial charge in [0.15, 0.2) is 11.5 Å². The number of aromatic nitrogens is 2. The second-order valence-corrected chi connectivity index (χ2v) is 5.79. The third-order valence-electron chi connectivity index (χ3n) is 4.05. The van der Waals surface area contributed by atoms with Gasteiger partial charge in [-0.1, -0.05) is 29.8 Å². The van der Waals surface area contributed by atoms with Gasteiger partial charge in [0.25, 0.3) is 0 Å². The Kier molecular flexibility index (Phi) is 3.97. The number of nitriles is 1. The number of halogens is 1. The molecular formula is C16H15ClN4O. The number of piperidine rings is 1. The van der Waals surface area contributed by atoms with Crippen molar-refractivity contribution in [2.45, 2.75) is 18.4 Å². The first-order valence-corrected chi connectivity index (χ1v) is 7.46. The van der Waals surface area contributed by atoms with Crippen LogP contribution in [0.5, 0.6) is 0 Å². The Morgan fingerprint density at radius 3 is 2.45 bits per heavy atom. The summed E-state index contributed by atoms with van der Waals surface area (Å²) in [7, 11) is 0. The molecule has 0 amide bonds. The molecule has 1 N–H and O–H groups in total. The molecule has 0 bridgehead atoms. The molecule has 0 radical (unpaired) electrons. The van der Waals surface area contributed by atoms with E-state index >= 15 is 0 Å². The lowest BCUT2D eigenvalue weighted by Gasteiger charge is -2.39. The van der Waals surface area contributed by atoms with E-state index < -0.39 is 5.60 Å². The molecule has 1 aromatic carbocycles. The summed E-state index contributed by atoms with van der Waals surface area (Å²) in [6.07, 6.45) is 1.14. The number of benzene rings is 1. The van der Waals surface area contributed by atoms with Crippen LogP contribution in [0.25, 0.3) is 0 Å². The summed E-state index contributed by atoms with van der Waals surface area (Å²) in [5.74, 6) is 0.722. The topological polar surface area (TPSA) is 73.0 Å². The third-order valence-corrected chi connectivity index (χ3v) is 4.38. The van der Waals surface area contributed by atoms with Gasteiger partial charge in [-0.15, -0.1) is 10.2 Å². The van der Waals surface area contributed by atoms with Crippen LogP contribution in [0.1, 0.15) is 24.1 Å². The highest BCUT2D eigenvalue weighted by molar-refractivity contribution is 6.31. The summed E-state index contributed by atoms with van der Waals surface area (Å²) in [6, 6.07) is 12.8. The van der Waals surface area contributed by atoms with Gasteiger partial charge in [-0.05, 0) is 31.0 Å². The van der Waals surface area contributed by atoms with Crippen LogP contribution < -0.4 is 4.90 Å². The summed E-state index contributed by atoms with van der Waals surface area (Å²) in [6.45, 7) is 1.31. The lowest BCUT2D eigenvalue weighted by molar-refractivity contribution is 0.0117. The predicted octanol–water partition coefficient (Wildman–Crippen LogP) is 2.49. The fraction of sp³-hybridized carbons (Fsp3) is 0.312. The number of anilines is 1. The molecule has 5 nitrogen and oxygen atoms in total. The van der Waals surface area contributed by atoms with E-state index in [4.69, 9.17) is 16.9 Å². The molecule has 2 heterocycles. The van der Waals surface area contributed by atoms with Crippen molar-refractivity contribution >= 4 is 17.4 Å². The molecule has 1 aromatic heterocycles. The van der Waals surface area contributed by atoms with Crippen molar-refractivity contribution in [3.63, 3.8) is 0 Å². The molecule has 0 saturated carbocycles. The highest BCUT2D eigenvalue weighted by Crippen LogP contribution is 2.37. The van der Waals surface area contributed by atoms with Crippen LogP contribution in [0.2, 0.25) is 5.02 Å². The van der Waals surface area contributed by atoms with Crippen molar-refractivity contribution in [3.05, 3.63) is 52.7 Å². The van der Waals surface area contributed by atoms with Crippen molar-refractivity contribution < 1.29 is 5.11 Å². The quantitative estimate of drug-likeness (QED) is 0.922. The van der Waals surface area contributed by atoms with Crippen molar-refractivity contribution in [1.82, 2.24) is 10.2 Å². The molecule has 112 valence electrons. The fourth-order valence-electron chi connectivity index (χ4n) is 2.77. The zero-order valence-electron chi connectivity index (χ0n) is 11.9. The average Bonchev–Trinajstić information content (AvgIpc) is 2.56. The minimum absolute atomic E-state index is 0.299. The van der Waals surface area contributed by atoms with E-state index in [-0.39, 0.29) is 0 Å². The molecule has 0 unspecified atom stereocenters. The first-order valence-electron chi connectivity index (χ1n) is 7.08. The van der Waals surface area contributed by atoms with E-state index in [9.17, 15) is 5.11 Å². The van der Waals surface area contributed by atoms with Crippen LogP contribution in [0.3, 0.4) is 0 Å². The van der Waals surface area contributed by atoms with Gasteiger partial charge < -0.3 is 10.0 Å². The molecule has 6 heteroatoms. The summed E-state index contributed by atoms with van der Waals surface area (Å²) in [4.78, 5) is 2.06. The Hall–Kier alpha value is -2.16. The Bertz CT molecular complexity index is 703. The number of hydrogen-bond acceptors (Lipinski definition) is 5. The highest BCUT2D eigenvalue weighted by Gasteiger charge is 2.35. The maximum Gasteiger partial charge on any atom is 0.163 e. The molecule has 1 fully saturated rings. The molecule has 0 spiro atoms. The van der Waals surface area contributed by atoms with E-state index in [2.05, 4.69) is 15.1 Å². The van der Waals surface area contributed by atoms with Crippen molar-refractivity contribution in [3.8, 4) is 6.07 Å². The minimum atomic E-state index is -0.908. The third kappa shape index (κ3) is 2.76. The molecule has 2 aromatic rings. The average molecular weight is 315 g/mol. The number of hydrogen-bond donors (Lipinski definition) is 1. The molecule has 0 atom stereocenters. The summed E-state index contributed by atoms with van der Waals surface area (Å²) in [5, 5.41) is 28.1. The van der Waals surface area contributed by atoms with Crippen molar-refractivity contribution in [2.75, 3.05) is 18.0 Å². The molecule has 0 aliphatic carbocycles. The van der Waals surface area contributed by atoms with Crippen LogP contribution >= 0.6 is 11.6 Å². The highest BCUT2D eigenvalue weighted by atomic mass is 35.5. The zero-order valence-corrected chi connectivity index (χ0v) is 12.7. The smallest absolute Gasteiger partial charge is 0.163 e. The first kappa shape index (κ1) is 14.8. The molecule has 1 aliphatic heterocycles. The SMILES string of the molecule is N#Cc1ccc(N2CCC(O)(c3ccccc3Cl)CC2)nn1. The van der Waals surface area contributed by atoms with Crippen LogP contribution in [0.15, 0.2) is 36.4 Å². The monoisotopic (exact) mass is 314 g/mol. The Labute approximate surface area is 133 Å². The predicted molar refractivity (Wildman–Crippen MR) is 83.5 cm³/mol. The van der Waals surface area contributed by atoms with E-state index in [1.54, 1.807) is 18.2 Å². The Morgan fingerprint density at radius 1 is 1.14 bits per heavy atom. The molecule has 1 saturated heterocycles. The summed E-state index contributed by atoms with van der Waals surface area (Å²) >= 11 is 6.21. The number of rotatable bonds is 2. The van der Waals surface area contributed by atoms with Gasteiger partial charge in [-0.3, -0.25) is 0 Å². The van der Waals surface area contributed by atoms with Crippen LogP contribution in [-0.2, 0) is 5.60 Å². The molecule has 22 heavy (non-hydrogen) atoms. The van der Waals surface area contributed by atoms with Gasteiger partial charge in [-0.25, -0.2) is 0 Å². The second kappa shape index (κ2) is 5.91. The first-order chi connectivity index (χ1) is 10.6. The van der Waals surface area contributed by atoms with E-state index in [0.29, 0.717) is 36.6 Å². The Balaban J connectivity index is 1.74. The van der Waals surface area contributed by atoms with E-state index in [1.807, 2.05) is 24.3 Å². The lowest BCUT2D eigenvalue weighted by atomic mass is 9.84. The molecule has 3 rings (SSSR count). The minimum Gasteiger partial charge on any atom is -0.385 e. The van der Waals surface area contributed by atoms with E-state index in [0.717, 1.165) is 11.4 Å². The van der Waals surface area contributed by atoms with Gasteiger partial charge in [-0.2, -0.15) is 5.26 Å². The zero-order chi connectivity index (χ0) is 15.6. The maximum absolute atomic E-state index is 10.9. The standard InChI is InChI=1S/C16H15ClN4O/c17-14-4-2-1-3-13(14)16(22)7-9-21(10-8-16)15-6-5-12(11-18)19-20-15/h1-6,22H,7-10H2.